The van der Waals surface area contributed by atoms with Crippen molar-refractivity contribution in [3.05, 3.63) is 33.3 Å². The molecule has 0 saturated carbocycles. The van der Waals surface area contributed by atoms with E-state index in [1.165, 1.54) is 0 Å². The monoisotopic (exact) mass is 324 g/mol. The Balaban J connectivity index is 2.73. The van der Waals surface area contributed by atoms with E-state index >= 15 is 0 Å². The molecule has 2 nitrogen and oxygen atoms in total. The van der Waals surface area contributed by atoms with Crippen molar-refractivity contribution in [3.63, 3.8) is 0 Å². The summed E-state index contributed by atoms with van der Waals surface area (Å²) < 4.78 is 5.60. The first-order valence-corrected chi connectivity index (χ1v) is 6.40. The summed E-state index contributed by atoms with van der Waals surface area (Å²) in [5.74, 6) is -0.406. The number of alkyl halides is 1. The van der Waals surface area contributed by atoms with Crippen molar-refractivity contribution in [2.45, 2.75) is 18.7 Å². The normalized spacial score (nSPS) is 12.2. The lowest BCUT2D eigenvalue weighted by atomic mass is 10.1. The van der Waals surface area contributed by atoms with Gasteiger partial charge in [0.25, 0.3) is 0 Å². The molecule has 1 atom stereocenters. The van der Waals surface area contributed by atoms with Crippen molar-refractivity contribution >= 4 is 45.1 Å². The number of carbonyl (C=O) groups excluding carboxylic acids is 1. The van der Waals surface area contributed by atoms with Gasteiger partial charge in [0.15, 0.2) is 0 Å². The Labute approximate surface area is 113 Å². The van der Waals surface area contributed by atoms with E-state index in [0.29, 0.717) is 18.1 Å². The van der Waals surface area contributed by atoms with Gasteiger partial charge in [0.05, 0.1) is 11.6 Å². The molecule has 1 rings (SSSR count). The van der Waals surface area contributed by atoms with Gasteiger partial charge in [-0.3, -0.25) is 4.79 Å². The molecule has 1 aromatic rings. The standard InChI is InChI=1S/C11H11BrCl2O2/c1-2-16-11(15)9(14)6-7-4-3-5-8(13)10(7)12/h3-5,9H,2,6H2,1H3. The fourth-order valence-electron chi connectivity index (χ4n) is 1.22. The molecule has 1 unspecified atom stereocenters. The van der Waals surface area contributed by atoms with Crippen molar-refractivity contribution < 1.29 is 9.53 Å². The molecule has 1 aromatic carbocycles. The van der Waals surface area contributed by atoms with E-state index in [0.717, 1.165) is 10.0 Å². The SMILES string of the molecule is CCOC(=O)C(Cl)Cc1cccc(Cl)c1Br. The lowest BCUT2D eigenvalue weighted by molar-refractivity contribution is -0.142. The minimum absolute atomic E-state index is 0.332. The number of benzene rings is 1. The fourth-order valence-corrected chi connectivity index (χ4v) is 2.06. The lowest BCUT2D eigenvalue weighted by Gasteiger charge is -2.10. The highest BCUT2D eigenvalue weighted by atomic mass is 79.9. The zero-order chi connectivity index (χ0) is 12.1. The van der Waals surface area contributed by atoms with E-state index in [1.54, 1.807) is 13.0 Å². The number of halogens is 3. The van der Waals surface area contributed by atoms with Gasteiger partial charge in [0, 0.05) is 10.9 Å². The highest BCUT2D eigenvalue weighted by molar-refractivity contribution is 9.10. The summed E-state index contributed by atoms with van der Waals surface area (Å²) in [6.45, 7) is 2.08. The van der Waals surface area contributed by atoms with Crippen LogP contribution in [0.1, 0.15) is 12.5 Å². The van der Waals surface area contributed by atoms with Crippen molar-refractivity contribution in [1.29, 1.82) is 0 Å². The number of rotatable bonds is 4. The number of hydrogen-bond donors (Lipinski definition) is 0. The number of esters is 1. The second-order valence-corrected chi connectivity index (χ2v) is 4.86. The molecule has 0 aliphatic carbocycles. The molecule has 0 amide bonds. The van der Waals surface area contributed by atoms with Gasteiger partial charge in [-0.05, 0) is 34.5 Å². The Morgan fingerprint density at radius 2 is 2.25 bits per heavy atom. The topological polar surface area (TPSA) is 26.3 Å². The minimum Gasteiger partial charge on any atom is -0.465 e. The van der Waals surface area contributed by atoms with Crippen LogP contribution < -0.4 is 0 Å². The number of ether oxygens (including phenoxy) is 1. The van der Waals surface area contributed by atoms with Crippen LogP contribution >= 0.6 is 39.1 Å². The summed E-state index contributed by atoms with van der Waals surface area (Å²) in [5, 5.41) is -0.0834. The molecule has 0 N–H and O–H groups in total. The van der Waals surface area contributed by atoms with Crippen molar-refractivity contribution in [2.75, 3.05) is 6.61 Å². The Kier molecular flexibility index (Phi) is 5.59. The predicted octanol–water partition coefficient (Wildman–Crippen LogP) is 3.82. The lowest BCUT2D eigenvalue weighted by Crippen LogP contribution is -2.20. The molecule has 0 aliphatic heterocycles. The molecule has 0 saturated heterocycles. The van der Waals surface area contributed by atoms with E-state index in [2.05, 4.69) is 15.9 Å². The summed E-state index contributed by atoms with van der Waals surface area (Å²) >= 11 is 15.2. The Morgan fingerprint density at radius 1 is 1.56 bits per heavy atom. The van der Waals surface area contributed by atoms with E-state index in [9.17, 15) is 4.79 Å². The molecule has 0 aromatic heterocycles. The zero-order valence-electron chi connectivity index (χ0n) is 8.67. The molecule has 5 heteroatoms. The average molecular weight is 326 g/mol. The number of carbonyl (C=O) groups is 1. The van der Waals surface area contributed by atoms with Gasteiger partial charge >= 0.3 is 5.97 Å². The fraction of sp³-hybridized carbons (Fsp3) is 0.364. The third kappa shape index (κ3) is 3.65. The second kappa shape index (κ2) is 6.48. The van der Waals surface area contributed by atoms with Gasteiger partial charge < -0.3 is 4.74 Å². The third-order valence-corrected chi connectivity index (χ3v) is 3.79. The van der Waals surface area contributed by atoms with E-state index in [1.807, 2.05) is 12.1 Å². The second-order valence-electron chi connectivity index (χ2n) is 3.14. The summed E-state index contributed by atoms with van der Waals surface area (Å²) in [6, 6.07) is 5.45. The molecule has 0 bridgehead atoms. The van der Waals surface area contributed by atoms with E-state index in [4.69, 9.17) is 27.9 Å². The van der Waals surface area contributed by atoms with Crippen LogP contribution in [0.5, 0.6) is 0 Å². The third-order valence-electron chi connectivity index (χ3n) is 1.97. The summed E-state index contributed by atoms with van der Waals surface area (Å²) in [6.07, 6.45) is 0.390. The number of hydrogen-bond acceptors (Lipinski definition) is 2. The van der Waals surface area contributed by atoms with Crippen LogP contribution in [0.25, 0.3) is 0 Å². The van der Waals surface area contributed by atoms with Crippen LogP contribution in [0.15, 0.2) is 22.7 Å². The van der Waals surface area contributed by atoms with E-state index in [-0.39, 0.29) is 0 Å². The zero-order valence-corrected chi connectivity index (χ0v) is 11.8. The first-order chi connectivity index (χ1) is 7.56. The maximum Gasteiger partial charge on any atom is 0.324 e. The van der Waals surface area contributed by atoms with Crippen LogP contribution in [0, 0.1) is 0 Å². The Bertz CT molecular complexity index is 382. The van der Waals surface area contributed by atoms with Crippen molar-refractivity contribution in [1.82, 2.24) is 0 Å². The van der Waals surface area contributed by atoms with Crippen LogP contribution in [0.4, 0.5) is 0 Å². The van der Waals surface area contributed by atoms with Crippen LogP contribution in [-0.2, 0) is 16.0 Å². The largest absolute Gasteiger partial charge is 0.465 e. The molecule has 0 radical (unpaired) electrons. The minimum atomic E-state index is -0.685. The maximum atomic E-state index is 11.3. The molecule has 0 fully saturated rings. The molecule has 0 aliphatic rings. The smallest absolute Gasteiger partial charge is 0.324 e. The molecular formula is C11H11BrCl2O2. The van der Waals surface area contributed by atoms with Gasteiger partial charge in [-0.25, -0.2) is 0 Å². The highest BCUT2D eigenvalue weighted by Crippen LogP contribution is 2.27. The Hall–Kier alpha value is -0.250. The van der Waals surface area contributed by atoms with Gasteiger partial charge in [0.2, 0.25) is 0 Å². The molecule has 0 heterocycles. The van der Waals surface area contributed by atoms with Crippen molar-refractivity contribution in [3.8, 4) is 0 Å². The summed E-state index contributed by atoms with van der Waals surface area (Å²) in [5.41, 5.74) is 0.889. The van der Waals surface area contributed by atoms with Crippen LogP contribution in [0.2, 0.25) is 5.02 Å². The molecule has 16 heavy (non-hydrogen) atoms. The van der Waals surface area contributed by atoms with Crippen LogP contribution in [0.3, 0.4) is 0 Å². The Morgan fingerprint density at radius 3 is 2.88 bits per heavy atom. The molecule has 0 spiro atoms. The van der Waals surface area contributed by atoms with Gasteiger partial charge in [0.1, 0.15) is 5.38 Å². The predicted molar refractivity (Wildman–Crippen MR) is 69.1 cm³/mol. The first kappa shape index (κ1) is 13.8. The molecular weight excluding hydrogens is 315 g/mol. The van der Waals surface area contributed by atoms with Gasteiger partial charge in [-0.15, -0.1) is 11.6 Å². The van der Waals surface area contributed by atoms with Gasteiger partial charge in [-0.2, -0.15) is 0 Å². The molecule has 88 valence electrons. The van der Waals surface area contributed by atoms with E-state index < -0.39 is 11.3 Å². The van der Waals surface area contributed by atoms with Crippen LogP contribution in [-0.4, -0.2) is 18.0 Å². The quantitative estimate of drug-likeness (QED) is 0.621. The first-order valence-electron chi connectivity index (χ1n) is 4.79. The van der Waals surface area contributed by atoms with Gasteiger partial charge in [-0.1, -0.05) is 23.7 Å². The highest BCUT2D eigenvalue weighted by Gasteiger charge is 2.18. The van der Waals surface area contributed by atoms with Crippen molar-refractivity contribution in [2.24, 2.45) is 0 Å². The average Bonchev–Trinajstić information content (AvgIpc) is 2.25. The summed E-state index contributed by atoms with van der Waals surface area (Å²) in [4.78, 5) is 11.3. The maximum absolute atomic E-state index is 11.3. The summed E-state index contributed by atoms with van der Waals surface area (Å²) in [7, 11) is 0.